The molecule has 0 spiro atoms. The average molecular weight is 339 g/mol. The van der Waals surface area contributed by atoms with E-state index in [0.717, 1.165) is 5.69 Å². The van der Waals surface area contributed by atoms with E-state index >= 15 is 0 Å². The van der Waals surface area contributed by atoms with Crippen molar-refractivity contribution in [3.8, 4) is 5.69 Å². The molecular formula is C17H17N5O3. The second-order valence-electron chi connectivity index (χ2n) is 5.50. The van der Waals surface area contributed by atoms with Crippen LogP contribution in [0.2, 0.25) is 0 Å². The lowest BCUT2D eigenvalue weighted by Crippen LogP contribution is -2.14. The molecule has 8 heteroatoms. The number of nitrogens with one attached hydrogen (secondary N) is 2. The Labute approximate surface area is 143 Å². The third kappa shape index (κ3) is 3.42. The predicted molar refractivity (Wildman–Crippen MR) is 91.8 cm³/mol. The molecule has 0 bridgehead atoms. The van der Waals surface area contributed by atoms with Gasteiger partial charge in [-0.25, -0.2) is 4.68 Å². The van der Waals surface area contributed by atoms with Crippen molar-refractivity contribution in [1.82, 2.24) is 14.9 Å². The molecule has 2 N–H and O–H groups in total. The molecule has 0 aliphatic rings. The van der Waals surface area contributed by atoms with Gasteiger partial charge in [-0.05, 0) is 26.0 Å². The zero-order valence-corrected chi connectivity index (χ0v) is 14.0. The van der Waals surface area contributed by atoms with Crippen LogP contribution in [-0.2, 0) is 4.79 Å². The molecule has 0 saturated heterocycles. The summed E-state index contributed by atoms with van der Waals surface area (Å²) < 4.78 is 6.54. The van der Waals surface area contributed by atoms with Crippen LogP contribution < -0.4 is 10.6 Å². The molecule has 0 aliphatic heterocycles. The van der Waals surface area contributed by atoms with Gasteiger partial charge >= 0.3 is 0 Å². The Morgan fingerprint density at radius 2 is 1.84 bits per heavy atom. The molecule has 128 valence electrons. The van der Waals surface area contributed by atoms with Crippen molar-refractivity contribution in [2.75, 3.05) is 10.6 Å². The van der Waals surface area contributed by atoms with Crippen molar-refractivity contribution < 1.29 is 14.1 Å². The minimum Gasteiger partial charge on any atom is -0.359 e. The fourth-order valence-corrected chi connectivity index (χ4v) is 2.37. The van der Waals surface area contributed by atoms with Crippen molar-refractivity contribution in [1.29, 1.82) is 0 Å². The number of carbonyl (C=O) groups excluding carboxylic acids is 2. The topological polar surface area (TPSA) is 102 Å². The lowest BCUT2D eigenvalue weighted by Gasteiger charge is -2.06. The van der Waals surface area contributed by atoms with Gasteiger partial charge in [0.05, 0.1) is 5.69 Å². The molecule has 0 aliphatic carbocycles. The predicted octanol–water partition coefficient (Wildman–Crippen LogP) is 2.69. The van der Waals surface area contributed by atoms with Crippen LogP contribution in [0.25, 0.3) is 5.69 Å². The molecule has 25 heavy (non-hydrogen) atoms. The van der Waals surface area contributed by atoms with Crippen LogP contribution in [0.3, 0.4) is 0 Å². The van der Waals surface area contributed by atoms with Crippen LogP contribution in [0.4, 0.5) is 11.5 Å². The summed E-state index contributed by atoms with van der Waals surface area (Å²) in [6, 6.07) is 10.7. The smallest absolute Gasteiger partial charge is 0.276 e. The van der Waals surface area contributed by atoms with E-state index in [2.05, 4.69) is 20.9 Å². The molecule has 0 radical (unpaired) electrons. The molecule has 2 amide bonds. The van der Waals surface area contributed by atoms with Crippen molar-refractivity contribution in [2.45, 2.75) is 20.8 Å². The zero-order chi connectivity index (χ0) is 18.0. The Morgan fingerprint density at radius 3 is 2.44 bits per heavy atom. The van der Waals surface area contributed by atoms with E-state index < -0.39 is 5.91 Å². The Balaban J connectivity index is 1.95. The number of aryl methyl sites for hydroxylation is 2. The summed E-state index contributed by atoms with van der Waals surface area (Å²) in [6.45, 7) is 4.84. The first-order chi connectivity index (χ1) is 12.0. The van der Waals surface area contributed by atoms with Gasteiger partial charge in [-0.2, -0.15) is 5.10 Å². The summed E-state index contributed by atoms with van der Waals surface area (Å²) >= 11 is 0. The number of hydrogen-bond donors (Lipinski definition) is 2. The molecule has 0 fully saturated rings. The number of amides is 2. The highest BCUT2D eigenvalue weighted by molar-refractivity contribution is 6.04. The quantitative estimate of drug-likeness (QED) is 0.761. The van der Waals surface area contributed by atoms with E-state index in [0.29, 0.717) is 23.0 Å². The van der Waals surface area contributed by atoms with Gasteiger partial charge in [-0.15, -0.1) is 0 Å². The van der Waals surface area contributed by atoms with Gasteiger partial charge < -0.3 is 15.2 Å². The normalized spacial score (nSPS) is 10.5. The lowest BCUT2D eigenvalue weighted by molar-refractivity contribution is -0.114. The highest BCUT2D eigenvalue weighted by Crippen LogP contribution is 2.21. The minimum atomic E-state index is -0.421. The second kappa shape index (κ2) is 6.60. The van der Waals surface area contributed by atoms with Gasteiger partial charge in [0.2, 0.25) is 5.91 Å². The van der Waals surface area contributed by atoms with E-state index in [9.17, 15) is 9.59 Å². The third-order valence-electron chi connectivity index (χ3n) is 3.52. The van der Waals surface area contributed by atoms with Crippen LogP contribution in [-0.4, -0.2) is 26.8 Å². The number of hydrogen-bond acceptors (Lipinski definition) is 5. The molecule has 2 heterocycles. The van der Waals surface area contributed by atoms with Crippen molar-refractivity contribution in [2.24, 2.45) is 0 Å². The summed E-state index contributed by atoms with van der Waals surface area (Å²) in [5.74, 6) is 0.239. The summed E-state index contributed by atoms with van der Waals surface area (Å²) in [5.41, 5.74) is 1.98. The van der Waals surface area contributed by atoms with Crippen molar-refractivity contribution in [3.63, 3.8) is 0 Å². The Kier molecular flexibility index (Phi) is 4.34. The van der Waals surface area contributed by atoms with Crippen LogP contribution >= 0.6 is 0 Å². The molecule has 0 saturated carbocycles. The van der Waals surface area contributed by atoms with Crippen LogP contribution in [0.15, 0.2) is 40.9 Å². The van der Waals surface area contributed by atoms with Crippen LogP contribution in [0.1, 0.15) is 28.9 Å². The Morgan fingerprint density at radius 1 is 1.12 bits per heavy atom. The largest absolute Gasteiger partial charge is 0.359 e. The standard InChI is InChI=1S/C17H17N5O3/c1-10-16(11(2)25-21-10)19-17(24)14-9-15(18-12(3)23)22(20-14)13-7-5-4-6-8-13/h4-9H,1-3H3,(H,18,23)(H,19,24). The number of aromatic nitrogens is 3. The Bertz CT molecular complexity index is 908. The zero-order valence-electron chi connectivity index (χ0n) is 14.0. The summed E-state index contributed by atoms with van der Waals surface area (Å²) in [4.78, 5) is 24.0. The number of carbonyl (C=O) groups is 2. The first kappa shape index (κ1) is 16.4. The van der Waals surface area contributed by atoms with E-state index in [4.69, 9.17) is 4.52 Å². The van der Waals surface area contributed by atoms with Gasteiger partial charge in [0.1, 0.15) is 17.2 Å². The first-order valence-corrected chi connectivity index (χ1v) is 7.63. The second-order valence-corrected chi connectivity index (χ2v) is 5.50. The van der Waals surface area contributed by atoms with Crippen LogP contribution in [0.5, 0.6) is 0 Å². The van der Waals surface area contributed by atoms with E-state index in [-0.39, 0.29) is 11.6 Å². The molecule has 0 unspecified atom stereocenters. The number of nitrogens with zero attached hydrogens (tertiary/aromatic N) is 3. The van der Waals surface area contributed by atoms with Gasteiger partial charge in [-0.3, -0.25) is 9.59 Å². The summed E-state index contributed by atoms with van der Waals surface area (Å²) in [6.07, 6.45) is 0. The third-order valence-corrected chi connectivity index (χ3v) is 3.52. The molecule has 2 aromatic heterocycles. The monoisotopic (exact) mass is 339 g/mol. The van der Waals surface area contributed by atoms with Gasteiger partial charge in [0.15, 0.2) is 11.5 Å². The van der Waals surface area contributed by atoms with E-state index in [1.165, 1.54) is 17.7 Å². The number of benzene rings is 1. The fourth-order valence-electron chi connectivity index (χ4n) is 2.37. The molecule has 1 aromatic carbocycles. The maximum atomic E-state index is 12.5. The van der Waals surface area contributed by atoms with Gasteiger partial charge in [-0.1, -0.05) is 23.4 Å². The van der Waals surface area contributed by atoms with Crippen LogP contribution in [0, 0.1) is 13.8 Å². The SMILES string of the molecule is CC(=O)Nc1cc(C(=O)Nc2c(C)noc2C)nn1-c1ccccc1. The molecular weight excluding hydrogens is 322 g/mol. The van der Waals surface area contributed by atoms with Crippen molar-refractivity contribution in [3.05, 3.63) is 53.5 Å². The molecule has 3 aromatic rings. The fraction of sp³-hybridized carbons (Fsp3) is 0.176. The van der Waals surface area contributed by atoms with Gasteiger partial charge in [0, 0.05) is 13.0 Å². The minimum absolute atomic E-state index is 0.160. The number of anilines is 2. The summed E-state index contributed by atoms with van der Waals surface area (Å²) in [5, 5.41) is 13.5. The van der Waals surface area contributed by atoms with E-state index in [1.54, 1.807) is 13.8 Å². The number of rotatable bonds is 4. The molecule has 3 rings (SSSR count). The van der Waals surface area contributed by atoms with E-state index in [1.807, 2.05) is 30.3 Å². The summed E-state index contributed by atoms with van der Waals surface area (Å²) in [7, 11) is 0. The maximum absolute atomic E-state index is 12.5. The van der Waals surface area contributed by atoms with Crippen molar-refractivity contribution >= 4 is 23.3 Å². The lowest BCUT2D eigenvalue weighted by atomic mass is 10.3. The highest BCUT2D eigenvalue weighted by atomic mass is 16.5. The number of para-hydroxylation sites is 1. The van der Waals surface area contributed by atoms with Gasteiger partial charge in [0.25, 0.3) is 5.91 Å². The maximum Gasteiger partial charge on any atom is 0.276 e. The molecule has 8 nitrogen and oxygen atoms in total. The Hall–Kier alpha value is -3.42. The molecule has 0 atom stereocenters. The average Bonchev–Trinajstić information content (AvgIpc) is 3.13. The highest BCUT2D eigenvalue weighted by Gasteiger charge is 2.19. The first-order valence-electron chi connectivity index (χ1n) is 7.63.